The Morgan fingerprint density at radius 3 is 2.37 bits per heavy atom. The third-order valence-electron chi connectivity index (χ3n) is 5.74. The van der Waals surface area contributed by atoms with E-state index in [-0.39, 0.29) is 5.41 Å². The zero-order valence-corrected chi connectivity index (χ0v) is 16.7. The van der Waals surface area contributed by atoms with Crippen LogP contribution in [0.25, 0.3) is 0 Å². The van der Waals surface area contributed by atoms with E-state index < -0.39 is 0 Å². The van der Waals surface area contributed by atoms with Crippen molar-refractivity contribution in [1.29, 1.82) is 0 Å². The van der Waals surface area contributed by atoms with Crippen molar-refractivity contribution in [2.24, 2.45) is 0 Å². The molecule has 0 amide bonds. The van der Waals surface area contributed by atoms with E-state index in [1.54, 1.807) is 0 Å². The first-order valence-electron chi connectivity index (χ1n) is 10.4. The molecule has 3 rings (SSSR count). The van der Waals surface area contributed by atoms with Crippen LogP contribution in [0.2, 0.25) is 0 Å². The fourth-order valence-corrected chi connectivity index (χ4v) is 4.67. The molecule has 0 heterocycles. The monoisotopic (exact) mass is 367 g/mol. The van der Waals surface area contributed by atoms with Gasteiger partial charge < -0.3 is 4.74 Å². The van der Waals surface area contributed by atoms with E-state index in [0.29, 0.717) is 19.3 Å². The number of ether oxygens (including phenoxy) is 1. The van der Waals surface area contributed by atoms with Crippen LogP contribution in [0.1, 0.15) is 57.1 Å². The molecule has 1 aliphatic carbocycles. The van der Waals surface area contributed by atoms with E-state index in [0.717, 1.165) is 18.6 Å². The smallest absolute Gasteiger partial charge is 0.119 e. The first-order chi connectivity index (χ1) is 13.3. The third-order valence-corrected chi connectivity index (χ3v) is 5.74. The molecule has 1 N–H and O–H groups in total. The van der Waals surface area contributed by atoms with E-state index >= 15 is 0 Å². The van der Waals surface area contributed by atoms with Crippen molar-refractivity contribution in [2.75, 3.05) is 13.2 Å². The summed E-state index contributed by atoms with van der Waals surface area (Å²) >= 11 is 0. The Labute approximate surface area is 164 Å². The summed E-state index contributed by atoms with van der Waals surface area (Å²) in [6.07, 6.45) is 7.00. The Hall–Kier alpha value is -1.84. The summed E-state index contributed by atoms with van der Waals surface area (Å²) in [6, 6.07) is 19.3. The van der Waals surface area contributed by atoms with Crippen LogP contribution in [0, 0.1) is 0 Å². The van der Waals surface area contributed by atoms with Crippen molar-refractivity contribution in [1.82, 2.24) is 5.48 Å². The average molecular weight is 368 g/mol. The molecule has 1 aliphatic rings. The molecule has 0 bridgehead atoms. The van der Waals surface area contributed by atoms with Crippen molar-refractivity contribution in [3.8, 4) is 5.75 Å². The quantitative estimate of drug-likeness (QED) is 0.448. The summed E-state index contributed by atoms with van der Waals surface area (Å²) in [5.74, 6) is 0.888. The second kappa shape index (κ2) is 9.91. The van der Waals surface area contributed by atoms with Crippen LogP contribution < -0.4 is 10.2 Å². The Balaban J connectivity index is 1.62. The molecule has 0 saturated heterocycles. The minimum atomic E-state index is 0.165. The van der Waals surface area contributed by atoms with Gasteiger partial charge in [-0.1, -0.05) is 69.2 Å². The van der Waals surface area contributed by atoms with Crippen LogP contribution in [-0.2, 0) is 16.7 Å². The lowest BCUT2D eigenvalue weighted by Gasteiger charge is -2.46. The molecule has 0 saturated carbocycles. The number of fused-ring (bicyclic) bond motifs is 1. The number of para-hydroxylation sites is 1. The standard InChI is InChI=1S/C24H33NO2/c1-3-16-24(17-4-2)22-13-9-8-10-20(22)14-15-23(24)25-27-19-18-26-21-11-6-5-7-12-21/h5-13,23,25H,3-4,14-19H2,1-2H3. The number of nitrogens with one attached hydrogen (secondary N) is 1. The maximum absolute atomic E-state index is 5.88. The lowest BCUT2D eigenvalue weighted by atomic mass is 9.62. The molecule has 0 fully saturated rings. The van der Waals surface area contributed by atoms with Gasteiger partial charge in [0.2, 0.25) is 0 Å². The van der Waals surface area contributed by atoms with Crippen molar-refractivity contribution in [3.63, 3.8) is 0 Å². The Kier molecular flexibility index (Phi) is 7.31. The lowest BCUT2D eigenvalue weighted by Crippen LogP contribution is -2.51. The van der Waals surface area contributed by atoms with Crippen LogP contribution in [0.5, 0.6) is 5.75 Å². The molecular weight excluding hydrogens is 334 g/mol. The van der Waals surface area contributed by atoms with E-state index in [1.807, 2.05) is 30.3 Å². The molecular formula is C24H33NO2. The summed E-state index contributed by atoms with van der Waals surface area (Å²) in [7, 11) is 0. The number of hydrogen-bond donors (Lipinski definition) is 1. The second-order valence-corrected chi connectivity index (χ2v) is 7.53. The normalized spacial score (nSPS) is 18.1. The summed E-state index contributed by atoms with van der Waals surface area (Å²) in [6.45, 7) is 5.68. The summed E-state index contributed by atoms with van der Waals surface area (Å²) in [5, 5.41) is 0. The van der Waals surface area contributed by atoms with Crippen molar-refractivity contribution < 1.29 is 9.57 Å². The lowest BCUT2D eigenvalue weighted by molar-refractivity contribution is -0.0260. The van der Waals surface area contributed by atoms with Gasteiger partial charge in [-0.2, -0.15) is 5.48 Å². The predicted octanol–water partition coefficient (Wildman–Crippen LogP) is 5.44. The maximum atomic E-state index is 5.88. The number of rotatable bonds is 10. The number of hydrogen-bond acceptors (Lipinski definition) is 3. The highest BCUT2D eigenvalue weighted by Gasteiger charge is 2.42. The van der Waals surface area contributed by atoms with Gasteiger partial charge in [-0.05, 0) is 48.9 Å². The van der Waals surface area contributed by atoms with Crippen molar-refractivity contribution in [3.05, 3.63) is 65.7 Å². The van der Waals surface area contributed by atoms with Gasteiger partial charge >= 0.3 is 0 Å². The van der Waals surface area contributed by atoms with Crippen LogP contribution in [0.15, 0.2) is 54.6 Å². The van der Waals surface area contributed by atoms with Gasteiger partial charge in [-0.25, -0.2) is 0 Å². The minimum absolute atomic E-state index is 0.165. The molecule has 146 valence electrons. The number of benzene rings is 2. The average Bonchev–Trinajstić information content (AvgIpc) is 2.71. The van der Waals surface area contributed by atoms with Crippen molar-refractivity contribution >= 4 is 0 Å². The van der Waals surface area contributed by atoms with Crippen LogP contribution in [-0.4, -0.2) is 19.3 Å². The minimum Gasteiger partial charge on any atom is -0.491 e. The molecule has 2 aromatic rings. The molecule has 0 aromatic heterocycles. The topological polar surface area (TPSA) is 30.5 Å². The van der Waals surface area contributed by atoms with E-state index in [1.165, 1.54) is 36.8 Å². The van der Waals surface area contributed by atoms with Crippen molar-refractivity contribution in [2.45, 2.75) is 63.8 Å². The number of hydroxylamine groups is 1. The fraction of sp³-hybridized carbons (Fsp3) is 0.500. The molecule has 1 atom stereocenters. The summed E-state index contributed by atoms with van der Waals surface area (Å²) in [5.41, 5.74) is 6.64. The van der Waals surface area contributed by atoms with Gasteiger partial charge in [0.25, 0.3) is 0 Å². The fourth-order valence-electron chi connectivity index (χ4n) is 4.67. The first-order valence-corrected chi connectivity index (χ1v) is 10.4. The summed E-state index contributed by atoms with van der Waals surface area (Å²) in [4.78, 5) is 5.88. The summed E-state index contributed by atoms with van der Waals surface area (Å²) < 4.78 is 5.73. The first kappa shape index (κ1) is 19.9. The molecule has 0 spiro atoms. The van der Waals surface area contributed by atoms with Gasteiger partial charge in [0.15, 0.2) is 0 Å². The Bertz CT molecular complexity index is 680. The van der Waals surface area contributed by atoms with Gasteiger partial charge in [-0.3, -0.25) is 4.84 Å². The highest BCUT2D eigenvalue weighted by molar-refractivity contribution is 5.39. The largest absolute Gasteiger partial charge is 0.491 e. The zero-order chi connectivity index (χ0) is 19.0. The Morgan fingerprint density at radius 2 is 1.63 bits per heavy atom. The molecule has 1 unspecified atom stereocenters. The molecule has 3 nitrogen and oxygen atoms in total. The van der Waals surface area contributed by atoms with Crippen LogP contribution in [0.3, 0.4) is 0 Å². The molecule has 0 aliphatic heterocycles. The molecule has 3 heteroatoms. The molecule has 2 aromatic carbocycles. The highest BCUT2D eigenvalue weighted by Crippen LogP contribution is 2.44. The Morgan fingerprint density at radius 1 is 0.926 bits per heavy atom. The van der Waals surface area contributed by atoms with Gasteiger partial charge in [0.05, 0.1) is 0 Å². The van der Waals surface area contributed by atoms with Gasteiger partial charge in [0.1, 0.15) is 19.0 Å². The van der Waals surface area contributed by atoms with Crippen LogP contribution in [0.4, 0.5) is 0 Å². The third kappa shape index (κ3) is 4.72. The number of aryl methyl sites for hydroxylation is 1. The predicted molar refractivity (Wildman–Crippen MR) is 111 cm³/mol. The van der Waals surface area contributed by atoms with Gasteiger partial charge in [-0.15, -0.1) is 0 Å². The molecule has 0 radical (unpaired) electrons. The SMILES string of the molecule is CCCC1(CCC)c2ccccc2CCC1NOCCOc1ccccc1. The van der Waals surface area contributed by atoms with E-state index in [4.69, 9.17) is 9.57 Å². The maximum Gasteiger partial charge on any atom is 0.119 e. The zero-order valence-electron chi connectivity index (χ0n) is 16.7. The van der Waals surface area contributed by atoms with E-state index in [9.17, 15) is 0 Å². The van der Waals surface area contributed by atoms with Crippen LogP contribution >= 0.6 is 0 Å². The molecule has 27 heavy (non-hydrogen) atoms. The van der Waals surface area contributed by atoms with E-state index in [2.05, 4.69) is 43.6 Å². The second-order valence-electron chi connectivity index (χ2n) is 7.53. The highest BCUT2D eigenvalue weighted by atomic mass is 16.7. The van der Waals surface area contributed by atoms with Gasteiger partial charge in [0, 0.05) is 11.5 Å².